The number of para-hydroxylation sites is 2. The monoisotopic (exact) mass is 472 g/mol. The molecule has 0 bridgehead atoms. The maximum atomic E-state index is 13.4. The van der Waals surface area contributed by atoms with Crippen molar-refractivity contribution in [3.63, 3.8) is 0 Å². The average Bonchev–Trinajstić information content (AvgIpc) is 3.42. The van der Waals surface area contributed by atoms with Crippen LogP contribution in [0.1, 0.15) is 38.3 Å². The number of halogens is 3. The van der Waals surface area contributed by atoms with Crippen LogP contribution in [0, 0.1) is 6.92 Å². The van der Waals surface area contributed by atoms with E-state index < -0.39 is 30.3 Å². The van der Waals surface area contributed by atoms with Gasteiger partial charge in [0.05, 0.1) is 17.6 Å². The predicted octanol–water partition coefficient (Wildman–Crippen LogP) is 2.95. The first-order valence-electron chi connectivity index (χ1n) is 10.2. The lowest BCUT2D eigenvalue weighted by Crippen LogP contribution is -2.34. The summed E-state index contributed by atoms with van der Waals surface area (Å²) in [4.78, 5) is 31.8. The number of aryl methyl sites for hydroxylation is 1. The third-order valence-corrected chi connectivity index (χ3v) is 4.88. The minimum Gasteiger partial charge on any atom is -0.350 e. The van der Waals surface area contributed by atoms with Crippen LogP contribution < -0.4 is 10.6 Å². The fraction of sp³-hybridized carbons (Fsp3) is 0.227. The van der Waals surface area contributed by atoms with E-state index >= 15 is 0 Å². The van der Waals surface area contributed by atoms with E-state index in [4.69, 9.17) is 4.52 Å². The first-order chi connectivity index (χ1) is 16.2. The number of nitrogens with zero attached hydrogens (tertiary/aromatic N) is 4. The van der Waals surface area contributed by atoms with Crippen LogP contribution >= 0.6 is 0 Å². The molecule has 0 saturated heterocycles. The molecule has 0 spiro atoms. The predicted molar refractivity (Wildman–Crippen MR) is 114 cm³/mol. The molecule has 0 radical (unpaired) electrons. The SMILES string of the molecule is Cc1ccc(C(=O)NCCNC(=O)c2nc(Cn3c(C(F)(F)F)nc4ccccc43)no2)cc1. The Morgan fingerprint density at radius 1 is 0.971 bits per heavy atom. The van der Waals surface area contributed by atoms with Crippen LogP contribution in [0.25, 0.3) is 11.0 Å². The summed E-state index contributed by atoms with van der Waals surface area (Å²) >= 11 is 0. The second-order valence-electron chi connectivity index (χ2n) is 7.40. The van der Waals surface area contributed by atoms with Gasteiger partial charge in [-0.2, -0.15) is 18.2 Å². The molecule has 4 aromatic rings. The number of alkyl halides is 3. The van der Waals surface area contributed by atoms with Crippen LogP contribution in [0.15, 0.2) is 53.1 Å². The van der Waals surface area contributed by atoms with Crippen molar-refractivity contribution in [3.05, 3.63) is 77.2 Å². The number of benzene rings is 2. The molecule has 34 heavy (non-hydrogen) atoms. The fourth-order valence-corrected chi connectivity index (χ4v) is 3.24. The van der Waals surface area contributed by atoms with Gasteiger partial charge >= 0.3 is 18.0 Å². The van der Waals surface area contributed by atoms with E-state index in [0.29, 0.717) is 5.56 Å². The first-order valence-corrected chi connectivity index (χ1v) is 10.2. The highest BCUT2D eigenvalue weighted by Gasteiger charge is 2.38. The molecular weight excluding hydrogens is 453 g/mol. The molecule has 0 unspecified atom stereocenters. The Kier molecular flexibility index (Phi) is 6.30. The summed E-state index contributed by atoms with van der Waals surface area (Å²) in [6, 6.07) is 13.1. The highest BCUT2D eigenvalue weighted by atomic mass is 19.4. The van der Waals surface area contributed by atoms with Crippen molar-refractivity contribution >= 4 is 22.8 Å². The number of nitrogens with one attached hydrogen (secondary N) is 2. The van der Waals surface area contributed by atoms with Crippen molar-refractivity contribution in [1.29, 1.82) is 0 Å². The van der Waals surface area contributed by atoms with Crippen LogP contribution in [-0.4, -0.2) is 44.6 Å². The lowest BCUT2D eigenvalue weighted by Gasteiger charge is -2.09. The van der Waals surface area contributed by atoms with Crippen molar-refractivity contribution in [2.75, 3.05) is 13.1 Å². The summed E-state index contributed by atoms with van der Waals surface area (Å²) < 4.78 is 46.1. The molecule has 0 atom stereocenters. The average molecular weight is 472 g/mol. The summed E-state index contributed by atoms with van der Waals surface area (Å²) in [6.45, 7) is 1.75. The van der Waals surface area contributed by atoms with E-state index in [0.717, 1.165) is 10.1 Å². The van der Waals surface area contributed by atoms with Gasteiger partial charge in [-0.1, -0.05) is 35.0 Å². The van der Waals surface area contributed by atoms with E-state index in [9.17, 15) is 22.8 Å². The molecule has 2 amide bonds. The van der Waals surface area contributed by atoms with Crippen molar-refractivity contribution in [3.8, 4) is 0 Å². The minimum absolute atomic E-state index is 0.0819. The van der Waals surface area contributed by atoms with Gasteiger partial charge in [0.2, 0.25) is 5.82 Å². The number of fused-ring (bicyclic) bond motifs is 1. The van der Waals surface area contributed by atoms with Gasteiger partial charge in [0.25, 0.3) is 5.91 Å². The summed E-state index contributed by atoms with van der Waals surface area (Å²) in [6.07, 6.45) is -4.69. The molecule has 0 aliphatic heterocycles. The first kappa shape index (κ1) is 23.0. The maximum absolute atomic E-state index is 13.4. The molecule has 2 aromatic carbocycles. The lowest BCUT2D eigenvalue weighted by molar-refractivity contribution is -0.146. The molecular formula is C22H19F3N6O3. The Labute approximate surface area is 191 Å². The highest BCUT2D eigenvalue weighted by Crippen LogP contribution is 2.31. The Morgan fingerprint density at radius 3 is 2.35 bits per heavy atom. The normalized spacial score (nSPS) is 11.5. The number of hydrogen-bond donors (Lipinski definition) is 2. The van der Waals surface area contributed by atoms with Crippen LogP contribution in [0.5, 0.6) is 0 Å². The number of imidazole rings is 1. The third-order valence-electron chi connectivity index (χ3n) is 4.88. The second kappa shape index (κ2) is 9.33. The summed E-state index contributed by atoms with van der Waals surface area (Å²) in [5, 5.41) is 8.78. The smallest absolute Gasteiger partial charge is 0.350 e. The molecule has 2 aromatic heterocycles. The number of carbonyl (C=O) groups excluding carboxylic acids is 2. The Hall–Kier alpha value is -4.22. The zero-order valence-corrected chi connectivity index (χ0v) is 17.9. The third kappa shape index (κ3) is 5.05. The minimum atomic E-state index is -4.69. The molecule has 9 nitrogen and oxygen atoms in total. The Morgan fingerprint density at radius 2 is 1.65 bits per heavy atom. The maximum Gasteiger partial charge on any atom is 0.449 e. The standard InChI is InChI=1S/C22H19F3N6O3/c1-13-6-8-14(9-7-13)18(32)26-10-11-27-19(33)20-29-17(30-34-20)12-31-16-5-3-2-4-15(16)28-21(31)22(23,24)25/h2-9H,10-12H2,1H3,(H,26,32)(H,27,33). The van der Waals surface area contributed by atoms with E-state index in [1.165, 1.54) is 12.1 Å². The zero-order chi connectivity index (χ0) is 24.3. The van der Waals surface area contributed by atoms with Gasteiger partial charge in [0.1, 0.15) is 0 Å². The lowest BCUT2D eigenvalue weighted by atomic mass is 10.1. The van der Waals surface area contributed by atoms with Gasteiger partial charge in [-0.25, -0.2) is 4.98 Å². The number of carbonyl (C=O) groups is 2. The molecule has 2 N–H and O–H groups in total. The second-order valence-corrected chi connectivity index (χ2v) is 7.40. The van der Waals surface area contributed by atoms with Gasteiger partial charge < -0.3 is 19.7 Å². The van der Waals surface area contributed by atoms with Gasteiger partial charge in [-0.15, -0.1) is 0 Å². The molecule has 4 rings (SSSR count). The number of amides is 2. The summed E-state index contributed by atoms with van der Waals surface area (Å²) in [5.41, 5.74) is 1.93. The molecule has 0 fully saturated rings. The van der Waals surface area contributed by atoms with Crippen molar-refractivity contribution in [2.45, 2.75) is 19.6 Å². The molecule has 0 aliphatic rings. The summed E-state index contributed by atoms with van der Waals surface area (Å²) in [5.74, 6) is -2.63. The molecule has 176 valence electrons. The van der Waals surface area contributed by atoms with Gasteiger partial charge in [0.15, 0.2) is 5.82 Å². The molecule has 0 saturated carbocycles. The van der Waals surface area contributed by atoms with E-state index in [-0.39, 0.29) is 35.9 Å². The van der Waals surface area contributed by atoms with Gasteiger partial charge in [-0.3, -0.25) is 9.59 Å². The highest BCUT2D eigenvalue weighted by molar-refractivity contribution is 5.94. The zero-order valence-electron chi connectivity index (χ0n) is 17.9. The Bertz CT molecular complexity index is 1330. The van der Waals surface area contributed by atoms with Crippen LogP contribution in [-0.2, 0) is 12.7 Å². The van der Waals surface area contributed by atoms with E-state index in [1.807, 2.05) is 19.1 Å². The number of rotatable bonds is 7. The number of hydrogen-bond acceptors (Lipinski definition) is 6. The van der Waals surface area contributed by atoms with Crippen LogP contribution in [0.4, 0.5) is 13.2 Å². The van der Waals surface area contributed by atoms with E-state index in [2.05, 4.69) is 25.8 Å². The van der Waals surface area contributed by atoms with Crippen molar-refractivity contribution in [1.82, 2.24) is 30.3 Å². The Balaban J connectivity index is 1.36. The largest absolute Gasteiger partial charge is 0.449 e. The topological polar surface area (TPSA) is 115 Å². The number of aromatic nitrogens is 4. The van der Waals surface area contributed by atoms with Gasteiger partial charge in [0, 0.05) is 18.7 Å². The van der Waals surface area contributed by atoms with E-state index in [1.54, 1.807) is 24.3 Å². The quantitative estimate of drug-likeness (QED) is 0.400. The fourth-order valence-electron chi connectivity index (χ4n) is 3.24. The van der Waals surface area contributed by atoms with Crippen LogP contribution in [0.2, 0.25) is 0 Å². The summed E-state index contributed by atoms with van der Waals surface area (Å²) in [7, 11) is 0. The molecule has 0 aliphatic carbocycles. The van der Waals surface area contributed by atoms with Gasteiger partial charge in [-0.05, 0) is 31.2 Å². The van der Waals surface area contributed by atoms with Crippen molar-refractivity contribution < 1.29 is 27.3 Å². The molecule has 2 heterocycles. The molecule has 12 heteroatoms. The van der Waals surface area contributed by atoms with Crippen LogP contribution in [0.3, 0.4) is 0 Å². The van der Waals surface area contributed by atoms with Crippen molar-refractivity contribution in [2.24, 2.45) is 0 Å².